The van der Waals surface area contributed by atoms with Gasteiger partial charge in [0.1, 0.15) is 11.6 Å². The van der Waals surface area contributed by atoms with Gasteiger partial charge in [-0.3, -0.25) is 0 Å². The first kappa shape index (κ1) is 13.2. The SMILES string of the molecule is CCCNc1cccc(N2CCC(CCC)C2)n1. The summed E-state index contributed by atoms with van der Waals surface area (Å²) in [4.78, 5) is 7.13. The number of rotatable bonds is 6. The minimum atomic E-state index is 0.865. The monoisotopic (exact) mass is 247 g/mol. The summed E-state index contributed by atoms with van der Waals surface area (Å²) >= 11 is 0. The number of aromatic nitrogens is 1. The molecule has 3 heteroatoms. The summed E-state index contributed by atoms with van der Waals surface area (Å²) in [5.41, 5.74) is 0. The Kier molecular flexibility index (Phi) is 4.85. The quantitative estimate of drug-likeness (QED) is 0.833. The van der Waals surface area contributed by atoms with E-state index in [0.717, 1.165) is 37.1 Å². The van der Waals surface area contributed by atoms with Gasteiger partial charge in [-0.1, -0.05) is 26.3 Å². The Balaban J connectivity index is 1.96. The Labute approximate surface area is 111 Å². The summed E-state index contributed by atoms with van der Waals surface area (Å²) in [6.07, 6.45) is 5.10. The highest BCUT2D eigenvalue weighted by Crippen LogP contribution is 2.25. The molecule has 0 aromatic carbocycles. The maximum absolute atomic E-state index is 4.70. The molecule has 0 bridgehead atoms. The molecule has 1 saturated heterocycles. The van der Waals surface area contributed by atoms with Crippen molar-refractivity contribution < 1.29 is 0 Å². The van der Waals surface area contributed by atoms with E-state index in [0.29, 0.717) is 0 Å². The summed E-state index contributed by atoms with van der Waals surface area (Å²) in [6.45, 7) is 7.78. The van der Waals surface area contributed by atoms with Gasteiger partial charge < -0.3 is 10.2 Å². The van der Waals surface area contributed by atoms with E-state index in [-0.39, 0.29) is 0 Å². The van der Waals surface area contributed by atoms with Crippen molar-refractivity contribution >= 4 is 11.6 Å². The third-order valence-electron chi connectivity index (χ3n) is 3.60. The molecule has 18 heavy (non-hydrogen) atoms. The van der Waals surface area contributed by atoms with Crippen LogP contribution in [0.15, 0.2) is 18.2 Å². The number of nitrogens with one attached hydrogen (secondary N) is 1. The van der Waals surface area contributed by atoms with Crippen molar-refractivity contribution in [3.63, 3.8) is 0 Å². The van der Waals surface area contributed by atoms with Crippen molar-refractivity contribution in [1.29, 1.82) is 0 Å². The molecule has 2 rings (SSSR count). The Morgan fingerprint density at radius 2 is 2.22 bits per heavy atom. The van der Waals surface area contributed by atoms with E-state index < -0.39 is 0 Å². The average Bonchev–Trinajstić information content (AvgIpc) is 2.86. The molecule has 0 saturated carbocycles. The molecule has 100 valence electrons. The van der Waals surface area contributed by atoms with Crippen molar-refractivity contribution in [2.75, 3.05) is 29.9 Å². The van der Waals surface area contributed by atoms with Crippen LogP contribution < -0.4 is 10.2 Å². The van der Waals surface area contributed by atoms with E-state index in [1.807, 2.05) is 0 Å². The lowest BCUT2D eigenvalue weighted by molar-refractivity contribution is 0.529. The van der Waals surface area contributed by atoms with Crippen LogP contribution in [0.2, 0.25) is 0 Å². The van der Waals surface area contributed by atoms with Gasteiger partial charge in [0.2, 0.25) is 0 Å². The highest BCUT2D eigenvalue weighted by molar-refractivity contribution is 5.47. The standard InChI is InChI=1S/C15H25N3/c1-3-6-13-9-11-18(12-13)15-8-5-7-14(17-15)16-10-4-2/h5,7-8,13H,3-4,6,9-12H2,1-2H3,(H,16,17). The minimum Gasteiger partial charge on any atom is -0.370 e. The fourth-order valence-electron chi connectivity index (χ4n) is 2.64. The first-order valence-electron chi connectivity index (χ1n) is 7.29. The maximum Gasteiger partial charge on any atom is 0.130 e. The second-order valence-corrected chi connectivity index (χ2v) is 5.20. The number of anilines is 2. The van der Waals surface area contributed by atoms with E-state index in [9.17, 15) is 0 Å². The minimum absolute atomic E-state index is 0.865. The molecule has 0 radical (unpaired) electrons. The third-order valence-corrected chi connectivity index (χ3v) is 3.60. The maximum atomic E-state index is 4.70. The highest BCUT2D eigenvalue weighted by atomic mass is 15.2. The zero-order valence-corrected chi connectivity index (χ0v) is 11.7. The predicted octanol–water partition coefficient (Wildman–Crippen LogP) is 3.53. The van der Waals surface area contributed by atoms with Crippen molar-refractivity contribution in [3.8, 4) is 0 Å². The lowest BCUT2D eigenvalue weighted by atomic mass is 10.0. The highest BCUT2D eigenvalue weighted by Gasteiger charge is 2.22. The predicted molar refractivity (Wildman–Crippen MR) is 78.2 cm³/mol. The lowest BCUT2D eigenvalue weighted by Gasteiger charge is -2.18. The van der Waals surface area contributed by atoms with Gasteiger partial charge in [-0.2, -0.15) is 0 Å². The second kappa shape index (κ2) is 6.62. The van der Waals surface area contributed by atoms with E-state index in [4.69, 9.17) is 4.98 Å². The molecule has 1 aliphatic rings. The molecule has 2 heterocycles. The fraction of sp³-hybridized carbons (Fsp3) is 0.667. The average molecular weight is 247 g/mol. The second-order valence-electron chi connectivity index (χ2n) is 5.20. The van der Waals surface area contributed by atoms with Gasteiger partial charge in [0, 0.05) is 19.6 Å². The van der Waals surface area contributed by atoms with Gasteiger partial charge in [-0.05, 0) is 37.3 Å². The molecule has 1 aromatic rings. The molecule has 1 atom stereocenters. The van der Waals surface area contributed by atoms with Gasteiger partial charge in [-0.15, -0.1) is 0 Å². The molecule has 1 N–H and O–H groups in total. The zero-order chi connectivity index (χ0) is 12.8. The smallest absolute Gasteiger partial charge is 0.130 e. The van der Waals surface area contributed by atoms with Crippen LogP contribution >= 0.6 is 0 Å². The van der Waals surface area contributed by atoms with Gasteiger partial charge in [0.15, 0.2) is 0 Å². The van der Waals surface area contributed by atoms with E-state index >= 15 is 0 Å². The molecule has 3 nitrogen and oxygen atoms in total. The summed E-state index contributed by atoms with van der Waals surface area (Å²) in [7, 11) is 0. The van der Waals surface area contributed by atoms with Crippen LogP contribution in [0.3, 0.4) is 0 Å². The van der Waals surface area contributed by atoms with E-state index in [1.165, 1.54) is 25.8 Å². The van der Waals surface area contributed by atoms with Crippen molar-refractivity contribution in [3.05, 3.63) is 18.2 Å². The number of hydrogen-bond donors (Lipinski definition) is 1. The van der Waals surface area contributed by atoms with Crippen molar-refractivity contribution in [2.24, 2.45) is 5.92 Å². The first-order valence-corrected chi connectivity index (χ1v) is 7.29. The molecule has 0 amide bonds. The molecule has 1 aliphatic heterocycles. The molecular formula is C15H25N3. The van der Waals surface area contributed by atoms with Crippen molar-refractivity contribution in [2.45, 2.75) is 39.5 Å². The number of hydrogen-bond acceptors (Lipinski definition) is 3. The number of nitrogens with zero attached hydrogens (tertiary/aromatic N) is 2. The van der Waals surface area contributed by atoms with Gasteiger partial charge >= 0.3 is 0 Å². The lowest BCUT2D eigenvalue weighted by Crippen LogP contribution is -2.21. The topological polar surface area (TPSA) is 28.2 Å². The largest absolute Gasteiger partial charge is 0.370 e. The molecule has 0 aliphatic carbocycles. The molecule has 1 unspecified atom stereocenters. The van der Waals surface area contributed by atoms with Crippen LogP contribution in [0, 0.1) is 5.92 Å². The van der Waals surface area contributed by atoms with Crippen LogP contribution in [0.4, 0.5) is 11.6 Å². The molecule has 0 spiro atoms. The molecular weight excluding hydrogens is 222 g/mol. The van der Waals surface area contributed by atoms with Crippen molar-refractivity contribution in [1.82, 2.24) is 4.98 Å². The Bertz CT molecular complexity index is 365. The molecule has 1 aromatic heterocycles. The summed E-state index contributed by atoms with van der Waals surface area (Å²) in [5, 5.41) is 3.36. The van der Waals surface area contributed by atoms with Crippen LogP contribution in [0.25, 0.3) is 0 Å². The van der Waals surface area contributed by atoms with Gasteiger partial charge in [0.25, 0.3) is 0 Å². The Morgan fingerprint density at radius 3 is 3.00 bits per heavy atom. The van der Waals surface area contributed by atoms with Crippen LogP contribution in [0.1, 0.15) is 39.5 Å². The van der Waals surface area contributed by atoms with Gasteiger partial charge in [0.05, 0.1) is 0 Å². The Hall–Kier alpha value is -1.25. The van der Waals surface area contributed by atoms with Crippen LogP contribution in [0.5, 0.6) is 0 Å². The summed E-state index contributed by atoms with van der Waals surface area (Å²) in [6, 6.07) is 6.29. The normalized spacial score (nSPS) is 19.2. The van der Waals surface area contributed by atoms with E-state index in [1.54, 1.807) is 0 Å². The van der Waals surface area contributed by atoms with Crippen LogP contribution in [-0.2, 0) is 0 Å². The molecule has 1 fully saturated rings. The third kappa shape index (κ3) is 3.37. The van der Waals surface area contributed by atoms with E-state index in [2.05, 4.69) is 42.3 Å². The number of pyridine rings is 1. The fourth-order valence-corrected chi connectivity index (χ4v) is 2.64. The first-order chi connectivity index (χ1) is 8.83. The zero-order valence-electron chi connectivity index (χ0n) is 11.7. The van der Waals surface area contributed by atoms with Crippen LogP contribution in [-0.4, -0.2) is 24.6 Å². The Morgan fingerprint density at radius 1 is 1.33 bits per heavy atom. The summed E-state index contributed by atoms with van der Waals surface area (Å²) < 4.78 is 0. The summed E-state index contributed by atoms with van der Waals surface area (Å²) in [5.74, 6) is 3.01. The van der Waals surface area contributed by atoms with Gasteiger partial charge in [-0.25, -0.2) is 4.98 Å².